The first kappa shape index (κ1) is 18.2. The summed E-state index contributed by atoms with van der Waals surface area (Å²) in [7, 11) is 0. The molecule has 1 aromatic carbocycles. The van der Waals surface area contributed by atoms with Crippen LogP contribution in [0.4, 0.5) is 0 Å². The van der Waals surface area contributed by atoms with Crippen molar-refractivity contribution in [2.75, 3.05) is 26.3 Å². The van der Waals surface area contributed by atoms with Crippen LogP contribution in [0, 0.1) is 0 Å². The molecule has 0 spiro atoms. The number of nitrogens with zero attached hydrogens (tertiary/aromatic N) is 1. The summed E-state index contributed by atoms with van der Waals surface area (Å²) in [5.41, 5.74) is 0.461. The molecule has 0 bridgehead atoms. The van der Waals surface area contributed by atoms with E-state index in [2.05, 4.69) is 0 Å². The van der Waals surface area contributed by atoms with Gasteiger partial charge in [0.15, 0.2) is 23.4 Å². The van der Waals surface area contributed by atoms with Crippen LogP contribution in [0.15, 0.2) is 18.2 Å². The van der Waals surface area contributed by atoms with Gasteiger partial charge in [-0.1, -0.05) is 0 Å². The van der Waals surface area contributed by atoms with Crippen LogP contribution in [0.1, 0.15) is 43.0 Å². The van der Waals surface area contributed by atoms with Gasteiger partial charge in [-0.05, 0) is 38.0 Å². The average molecular weight is 361 g/mol. The SMILES string of the molecule is CC(OC(=O)CCC(=O)c1ccc2c(c1)OCCO2)C(=O)N1CCCC1. The summed E-state index contributed by atoms with van der Waals surface area (Å²) in [6.45, 7) is 3.92. The molecule has 1 unspecified atom stereocenters. The number of hydrogen-bond donors (Lipinski definition) is 0. The highest BCUT2D eigenvalue weighted by Crippen LogP contribution is 2.31. The minimum atomic E-state index is -0.815. The Kier molecular flexibility index (Phi) is 5.75. The van der Waals surface area contributed by atoms with E-state index in [0.717, 1.165) is 12.8 Å². The van der Waals surface area contributed by atoms with Gasteiger partial charge in [0.2, 0.25) is 0 Å². The molecular weight excluding hydrogens is 338 g/mol. The van der Waals surface area contributed by atoms with Crippen molar-refractivity contribution < 1.29 is 28.6 Å². The van der Waals surface area contributed by atoms with E-state index < -0.39 is 12.1 Å². The monoisotopic (exact) mass is 361 g/mol. The van der Waals surface area contributed by atoms with E-state index in [-0.39, 0.29) is 24.5 Å². The zero-order valence-electron chi connectivity index (χ0n) is 14.9. The fraction of sp³-hybridized carbons (Fsp3) is 0.526. The van der Waals surface area contributed by atoms with Crippen LogP contribution in [-0.4, -0.2) is 55.0 Å². The minimum absolute atomic E-state index is 0.0170. The van der Waals surface area contributed by atoms with Crippen molar-refractivity contribution >= 4 is 17.7 Å². The van der Waals surface area contributed by atoms with E-state index in [1.54, 1.807) is 30.0 Å². The Morgan fingerprint density at radius 2 is 1.77 bits per heavy atom. The molecule has 1 amide bonds. The number of rotatable bonds is 6. The van der Waals surface area contributed by atoms with E-state index in [9.17, 15) is 14.4 Å². The highest BCUT2D eigenvalue weighted by Gasteiger charge is 2.26. The molecule has 140 valence electrons. The van der Waals surface area contributed by atoms with E-state index in [4.69, 9.17) is 14.2 Å². The van der Waals surface area contributed by atoms with Crippen molar-refractivity contribution in [2.45, 2.75) is 38.7 Å². The lowest BCUT2D eigenvalue weighted by molar-refractivity contribution is -0.158. The third kappa shape index (κ3) is 4.33. The molecule has 1 atom stereocenters. The van der Waals surface area contributed by atoms with Gasteiger partial charge in [0.25, 0.3) is 5.91 Å². The maximum absolute atomic E-state index is 12.3. The second-order valence-electron chi connectivity index (χ2n) is 6.45. The van der Waals surface area contributed by atoms with Gasteiger partial charge in [-0.25, -0.2) is 0 Å². The van der Waals surface area contributed by atoms with Crippen molar-refractivity contribution in [3.63, 3.8) is 0 Å². The van der Waals surface area contributed by atoms with Gasteiger partial charge in [-0.3, -0.25) is 14.4 Å². The fourth-order valence-electron chi connectivity index (χ4n) is 3.08. The molecule has 2 aliphatic rings. The van der Waals surface area contributed by atoms with Gasteiger partial charge in [0, 0.05) is 25.1 Å². The largest absolute Gasteiger partial charge is 0.486 e. The van der Waals surface area contributed by atoms with Crippen LogP contribution in [0.3, 0.4) is 0 Å². The molecule has 1 fully saturated rings. The van der Waals surface area contributed by atoms with Gasteiger partial charge in [-0.15, -0.1) is 0 Å². The lowest BCUT2D eigenvalue weighted by atomic mass is 10.1. The molecule has 0 N–H and O–H groups in total. The van der Waals surface area contributed by atoms with E-state index in [1.807, 2.05) is 0 Å². The van der Waals surface area contributed by atoms with Crippen LogP contribution in [0.25, 0.3) is 0 Å². The number of hydrogen-bond acceptors (Lipinski definition) is 6. The van der Waals surface area contributed by atoms with E-state index in [1.165, 1.54) is 0 Å². The van der Waals surface area contributed by atoms with Crippen molar-refractivity contribution in [2.24, 2.45) is 0 Å². The Balaban J connectivity index is 1.47. The Morgan fingerprint density at radius 3 is 2.50 bits per heavy atom. The number of amides is 1. The standard InChI is InChI=1S/C19H23NO6/c1-13(19(23)20-8-2-3-9-20)26-18(22)7-5-15(21)14-4-6-16-17(12-14)25-11-10-24-16/h4,6,12-13H,2-3,5,7-11H2,1H3. The molecule has 0 radical (unpaired) electrons. The van der Waals surface area contributed by atoms with Crippen LogP contribution in [0.5, 0.6) is 11.5 Å². The molecule has 3 rings (SSSR count). The average Bonchev–Trinajstić information content (AvgIpc) is 3.19. The maximum Gasteiger partial charge on any atom is 0.307 e. The fourth-order valence-corrected chi connectivity index (χ4v) is 3.08. The number of carbonyl (C=O) groups is 3. The van der Waals surface area contributed by atoms with Crippen molar-refractivity contribution in [3.8, 4) is 11.5 Å². The molecule has 0 aromatic heterocycles. The van der Waals surface area contributed by atoms with Gasteiger partial charge < -0.3 is 19.1 Å². The topological polar surface area (TPSA) is 82.1 Å². The quantitative estimate of drug-likeness (QED) is 0.569. The second kappa shape index (κ2) is 8.21. The summed E-state index contributed by atoms with van der Waals surface area (Å²) in [6, 6.07) is 4.97. The number of Topliss-reactive ketones (excluding diaryl/α,β-unsaturated/α-hetero) is 1. The number of ether oxygens (including phenoxy) is 3. The summed E-state index contributed by atoms with van der Waals surface area (Å²) in [5, 5.41) is 0. The molecule has 0 saturated carbocycles. The third-order valence-electron chi connectivity index (χ3n) is 4.49. The van der Waals surface area contributed by atoms with Crippen LogP contribution in [0.2, 0.25) is 0 Å². The molecule has 26 heavy (non-hydrogen) atoms. The number of carbonyl (C=O) groups excluding carboxylic acids is 3. The number of benzene rings is 1. The molecule has 1 aromatic rings. The zero-order valence-corrected chi connectivity index (χ0v) is 14.9. The van der Waals surface area contributed by atoms with Gasteiger partial charge in [0.05, 0.1) is 6.42 Å². The summed E-state index contributed by atoms with van der Waals surface area (Å²) in [6.07, 6.45) is 1.10. The summed E-state index contributed by atoms with van der Waals surface area (Å²) in [4.78, 5) is 38.1. The second-order valence-corrected chi connectivity index (χ2v) is 6.45. The highest BCUT2D eigenvalue weighted by molar-refractivity contribution is 5.98. The van der Waals surface area contributed by atoms with E-state index in [0.29, 0.717) is 43.4 Å². The molecule has 1 saturated heterocycles. The normalized spacial score (nSPS) is 16.9. The van der Waals surface area contributed by atoms with Crippen molar-refractivity contribution in [1.82, 2.24) is 4.90 Å². The van der Waals surface area contributed by atoms with Crippen LogP contribution >= 0.6 is 0 Å². The minimum Gasteiger partial charge on any atom is -0.486 e. The van der Waals surface area contributed by atoms with Gasteiger partial charge in [0.1, 0.15) is 13.2 Å². The summed E-state index contributed by atoms with van der Waals surface area (Å²) < 4.78 is 16.0. The number of ketones is 1. The molecule has 0 aliphatic carbocycles. The maximum atomic E-state index is 12.3. The Morgan fingerprint density at radius 1 is 1.08 bits per heavy atom. The first-order valence-corrected chi connectivity index (χ1v) is 8.96. The van der Waals surface area contributed by atoms with E-state index >= 15 is 0 Å². The summed E-state index contributed by atoms with van der Waals surface area (Å²) >= 11 is 0. The smallest absolute Gasteiger partial charge is 0.307 e. The Bertz CT molecular complexity index is 695. The Labute approximate surface area is 152 Å². The zero-order chi connectivity index (χ0) is 18.5. The van der Waals surface area contributed by atoms with Crippen molar-refractivity contribution in [3.05, 3.63) is 23.8 Å². The predicted molar refractivity (Wildman–Crippen MR) is 92.4 cm³/mol. The van der Waals surface area contributed by atoms with Gasteiger partial charge in [-0.2, -0.15) is 0 Å². The highest BCUT2D eigenvalue weighted by atomic mass is 16.6. The van der Waals surface area contributed by atoms with Crippen LogP contribution in [-0.2, 0) is 14.3 Å². The van der Waals surface area contributed by atoms with Gasteiger partial charge >= 0.3 is 5.97 Å². The number of likely N-dealkylation sites (tertiary alicyclic amines) is 1. The third-order valence-corrected chi connectivity index (χ3v) is 4.49. The molecule has 7 heteroatoms. The van der Waals surface area contributed by atoms with Crippen molar-refractivity contribution in [1.29, 1.82) is 0 Å². The predicted octanol–water partition coefficient (Wildman–Crippen LogP) is 1.97. The lowest BCUT2D eigenvalue weighted by Crippen LogP contribution is -2.38. The molecular formula is C19H23NO6. The molecule has 7 nitrogen and oxygen atoms in total. The first-order chi connectivity index (χ1) is 12.5. The molecule has 2 heterocycles. The first-order valence-electron chi connectivity index (χ1n) is 8.96. The lowest BCUT2D eigenvalue weighted by Gasteiger charge is -2.20. The number of esters is 1. The number of fused-ring (bicyclic) bond motifs is 1. The van der Waals surface area contributed by atoms with Crippen LogP contribution < -0.4 is 9.47 Å². The Hall–Kier alpha value is -2.57. The summed E-state index contributed by atoms with van der Waals surface area (Å²) in [5.74, 6) is 0.248. The molecule has 2 aliphatic heterocycles.